The number of aryl methyl sites for hydroxylation is 1. The van der Waals surface area contributed by atoms with Gasteiger partial charge in [-0.3, -0.25) is 4.99 Å². The number of allylic oxidation sites excluding steroid dienone is 5. The summed E-state index contributed by atoms with van der Waals surface area (Å²) in [6.45, 7) is 26.4. The molecule has 0 atom stereocenters. The summed E-state index contributed by atoms with van der Waals surface area (Å²) in [6, 6.07) is 2.81. The van der Waals surface area contributed by atoms with E-state index in [9.17, 15) is 13.6 Å². The Bertz CT molecular complexity index is 980. The van der Waals surface area contributed by atoms with E-state index in [0.29, 0.717) is 5.78 Å². The summed E-state index contributed by atoms with van der Waals surface area (Å²) >= 11 is 0. The zero-order valence-corrected chi connectivity index (χ0v) is 28.7. The van der Waals surface area contributed by atoms with Gasteiger partial charge in [-0.25, -0.2) is 8.78 Å². The molecule has 1 aliphatic rings. The number of aliphatic imine (C=N–C) groups is 1. The fourth-order valence-electron chi connectivity index (χ4n) is 4.03. The smallest absolute Gasteiger partial charge is 0.129 e. The van der Waals surface area contributed by atoms with Gasteiger partial charge in [-0.1, -0.05) is 66.0 Å². The number of hydrogen-bond acceptors (Lipinski definition) is 4. The minimum absolute atomic E-state index is 0.106. The Labute approximate surface area is 257 Å². The molecule has 1 N–H and O–H groups in total. The predicted octanol–water partition coefficient (Wildman–Crippen LogP) is 9.92. The number of nitrogens with one attached hydrogen (secondary N) is 1. The van der Waals surface area contributed by atoms with Gasteiger partial charge in [0.1, 0.15) is 17.4 Å². The van der Waals surface area contributed by atoms with E-state index in [1.54, 1.807) is 6.92 Å². The Hall–Kier alpha value is -2.60. The van der Waals surface area contributed by atoms with Gasteiger partial charge in [0, 0.05) is 61.3 Å². The first kappa shape index (κ1) is 41.5. The van der Waals surface area contributed by atoms with E-state index in [4.69, 9.17) is 0 Å². The zero-order chi connectivity index (χ0) is 32.5. The molecule has 0 unspecified atom stereocenters. The van der Waals surface area contributed by atoms with E-state index >= 15 is 0 Å². The van der Waals surface area contributed by atoms with Crippen LogP contribution in [0.4, 0.5) is 8.78 Å². The van der Waals surface area contributed by atoms with Crippen molar-refractivity contribution in [1.29, 1.82) is 0 Å². The van der Waals surface area contributed by atoms with E-state index < -0.39 is 11.6 Å². The first-order valence-electron chi connectivity index (χ1n) is 15.9. The highest BCUT2D eigenvalue weighted by molar-refractivity contribution is 6.02. The number of hydrogen-bond donors (Lipinski definition) is 1. The molecule has 1 aromatic carbocycles. The Kier molecular flexibility index (Phi) is 25.8. The van der Waals surface area contributed by atoms with Crippen LogP contribution < -0.4 is 5.32 Å². The third-order valence-electron chi connectivity index (χ3n) is 6.51. The zero-order valence-electron chi connectivity index (χ0n) is 28.7. The van der Waals surface area contributed by atoms with Crippen LogP contribution in [0.1, 0.15) is 119 Å². The van der Waals surface area contributed by atoms with Crippen molar-refractivity contribution in [3.05, 3.63) is 70.1 Å². The van der Waals surface area contributed by atoms with Crippen molar-refractivity contribution in [2.75, 3.05) is 26.2 Å². The van der Waals surface area contributed by atoms with E-state index in [0.717, 1.165) is 76.0 Å². The monoisotopic (exact) mass is 589 g/mol. The van der Waals surface area contributed by atoms with E-state index in [1.807, 2.05) is 13.1 Å². The first-order valence-corrected chi connectivity index (χ1v) is 15.9. The minimum Gasteiger partial charge on any atom is -0.372 e. The molecular formula is C36H61F2N3O. The lowest BCUT2D eigenvalue weighted by Crippen LogP contribution is -2.43. The molecule has 0 aliphatic carbocycles. The summed E-state index contributed by atoms with van der Waals surface area (Å²) in [5.74, 6) is -0.584. The molecule has 0 bridgehead atoms. The van der Waals surface area contributed by atoms with Gasteiger partial charge in [0.05, 0.1) is 0 Å². The van der Waals surface area contributed by atoms with Crippen molar-refractivity contribution in [3.63, 3.8) is 0 Å². The van der Waals surface area contributed by atoms with Gasteiger partial charge >= 0.3 is 0 Å². The molecule has 2 rings (SSSR count). The van der Waals surface area contributed by atoms with Crippen molar-refractivity contribution in [3.8, 4) is 0 Å². The Morgan fingerprint density at radius 3 is 1.93 bits per heavy atom. The molecule has 1 aliphatic heterocycles. The van der Waals surface area contributed by atoms with Crippen LogP contribution in [0.15, 0.2) is 52.3 Å². The Morgan fingerprint density at radius 1 is 0.976 bits per heavy atom. The second kappa shape index (κ2) is 26.1. The van der Waals surface area contributed by atoms with Gasteiger partial charge in [0.25, 0.3) is 0 Å². The molecule has 0 spiro atoms. The molecule has 0 amide bonds. The summed E-state index contributed by atoms with van der Waals surface area (Å²) in [7, 11) is 0. The molecule has 0 aromatic heterocycles. The molecule has 1 saturated heterocycles. The summed E-state index contributed by atoms with van der Waals surface area (Å²) in [5.41, 5.74) is 5.87. The van der Waals surface area contributed by atoms with Crippen molar-refractivity contribution in [2.45, 2.75) is 121 Å². The molecule has 1 heterocycles. The van der Waals surface area contributed by atoms with Crippen LogP contribution in [-0.4, -0.2) is 42.6 Å². The van der Waals surface area contributed by atoms with Crippen LogP contribution in [-0.2, 0) is 11.2 Å². The number of piperazine rings is 1. The lowest BCUT2D eigenvalue weighted by Gasteiger charge is -2.32. The molecule has 6 heteroatoms. The minimum atomic E-state index is -0.446. The molecule has 42 heavy (non-hydrogen) atoms. The highest BCUT2D eigenvalue weighted by Crippen LogP contribution is 2.20. The van der Waals surface area contributed by atoms with Crippen LogP contribution in [0.2, 0.25) is 0 Å². The number of Topliss-reactive ketones (excluding diaryl/α,β-unsaturated/α-hetero) is 1. The lowest BCUT2D eigenvalue weighted by molar-refractivity contribution is -0.117. The van der Waals surface area contributed by atoms with Gasteiger partial charge in [-0.2, -0.15) is 0 Å². The SMILES string of the molecule is CCC.CCCCC(C)=O.CCCc1cc(F)c(C)c(F)c1.C\C=C(C)/C(C(/C)=N/C=C/CC)=C(/C)N1CCNCC1. The number of rotatable bonds is 10. The number of nitrogens with zero attached hydrogens (tertiary/aromatic N) is 2. The van der Waals surface area contributed by atoms with Crippen LogP contribution >= 0.6 is 0 Å². The summed E-state index contributed by atoms with van der Waals surface area (Å²) < 4.78 is 25.8. The normalized spacial score (nSPS) is 14.2. The second-order valence-electron chi connectivity index (χ2n) is 10.6. The number of benzene rings is 1. The van der Waals surface area contributed by atoms with Crippen LogP contribution in [0.3, 0.4) is 0 Å². The van der Waals surface area contributed by atoms with E-state index in [-0.39, 0.29) is 5.56 Å². The van der Waals surface area contributed by atoms with Gasteiger partial charge in [0.15, 0.2) is 0 Å². The van der Waals surface area contributed by atoms with Crippen molar-refractivity contribution < 1.29 is 13.6 Å². The second-order valence-corrected chi connectivity index (χ2v) is 10.6. The predicted molar refractivity (Wildman–Crippen MR) is 180 cm³/mol. The number of carbonyl (C=O) groups excluding carboxylic acids is 1. The van der Waals surface area contributed by atoms with Gasteiger partial charge in [0.2, 0.25) is 0 Å². The number of carbonyl (C=O) groups is 1. The van der Waals surface area contributed by atoms with E-state index in [2.05, 4.69) is 82.8 Å². The molecular weight excluding hydrogens is 528 g/mol. The number of ketones is 1. The fraction of sp³-hybridized carbons (Fsp3) is 0.611. The molecule has 0 radical (unpaired) electrons. The maximum atomic E-state index is 12.9. The molecule has 1 aromatic rings. The fourth-order valence-corrected chi connectivity index (χ4v) is 4.03. The standard InChI is InChI=1S/C17H29N3.C10H12F2.C6H12O.C3H8/c1-6-8-9-19-15(4)17(14(3)7-2)16(5)20-12-10-18-11-13-20;1-3-4-8-5-9(11)7(2)10(12)6-8;1-3-4-5-6(2)7;1-3-2/h7-9,18H,6,10-13H2,1-5H3;5-6H,3-4H2,1-2H3;3-5H2,1-2H3;3H2,1-2H3/b9-8+,14-7-,17-16+,19-15+;;;. The van der Waals surface area contributed by atoms with Crippen molar-refractivity contribution in [2.24, 2.45) is 4.99 Å². The van der Waals surface area contributed by atoms with Crippen LogP contribution in [0, 0.1) is 18.6 Å². The summed E-state index contributed by atoms with van der Waals surface area (Å²) in [5, 5.41) is 3.40. The molecule has 1 fully saturated rings. The quantitative estimate of drug-likeness (QED) is 0.218. The largest absolute Gasteiger partial charge is 0.372 e. The summed E-state index contributed by atoms with van der Waals surface area (Å²) in [4.78, 5) is 17.3. The third-order valence-corrected chi connectivity index (χ3v) is 6.51. The maximum Gasteiger partial charge on any atom is 0.129 e. The van der Waals surface area contributed by atoms with Crippen LogP contribution in [0.5, 0.6) is 0 Å². The topological polar surface area (TPSA) is 44.7 Å². The lowest BCUT2D eigenvalue weighted by atomic mass is 10.00. The Morgan fingerprint density at radius 2 is 1.52 bits per heavy atom. The van der Waals surface area contributed by atoms with Crippen molar-refractivity contribution >= 4 is 11.5 Å². The van der Waals surface area contributed by atoms with Gasteiger partial charge in [-0.15, -0.1) is 0 Å². The number of halogens is 2. The highest BCUT2D eigenvalue weighted by Gasteiger charge is 2.16. The van der Waals surface area contributed by atoms with Gasteiger partial charge in [-0.05, 0) is 84.1 Å². The average molecular weight is 590 g/mol. The molecule has 240 valence electrons. The van der Waals surface area contributed by atoms with Crippen LogP contribution in [0.25, 0.3) is 0 Å². The van der Waals surface area contributed by atoms with Gasteiger partial charge < -0.3 is 15.0 Å². The molecule has 4 nitrogen and oxygen atoms in total. The Balaban J connectivity index is 0. The molecule has 0 saturated carbocycles. The number of unbranched alkanes of at least 4 members (excludes halogenated alkanes) is 1. The summed E-state index contributed by atoms with van der Waals surface area (Å²) in [6.07, 6.45) is 13.0. The first-order chi connectivity index (χ1) is 19.9. The van der Waals surface area contributed by atoms with Crippen molar-refractivity contribution in [1.82, 2.24) is 10.2 Å². The van der Waals surface area contributed by atoms with E-state index in [1.165, 1.54) is 42.3 Å². The maximum absolute atomic E-state index is 12.9. The average Bonchev–Trinajstić information content (AvgIpc) is 2.96. The third kappa shape index (κ3) is 18.8. The highest BCUT2D eigenvalue weighted by atomic mass is 19.1.